The van der Waals surface area contributed by atoms with Crippen molar-refractivity contribution in [1.29, 1.82) is 0 Å². The maximum atomic E-state index is 12.8. The van der Waals surface area contributed by atoms with Gasteiger partial charge in [0.25, 0.3) is 0 Å². The van der Waals surface area contributed by atoms with E-state index in [2.05, 4.69) is 18.6 Å². The molecule has 28 heavy (non-hydrogen) atoms. The molecule has 1 fully saturated rings. The van der Waals surface area contributed by atoms with Crippen LogP contribution in [0.5, 0.6) is 5.75 Å². The molecule has 0 atom stereocenters. The van der Waals surface area contributed by atoms with E-state index in [-0.39, 0.29) is 17.3 Å². The lowest BCUT2D eigenvalue weighted by atomic mass is 10.0. The number of methoxy groups -OCH3 is 1. The van der Waals surface area contributed by atoms with Gasteiger partial charge in [0, 0.05) is 19.5 Å². The summed E-state index contributed by atoms with van der Waals surface area (Å²) in [5.41, 5.74) is 2.59. The fourth-order valence-electron chi connectivity index (χ4n) is 3.23. The third-order valence-electron chi connectivity index (χ3n) is 4.94. The summed E-state index contributed by atoms with van der Waals surface area (Å²) in [6.45, 7) is 4.99. The van der Waals surface area contributed by atoms with E-state index in [1.807, 2.05) is 24.3 Å². The van der Waals surface area contributed by atoms with Gasteiger partial charge in [-0.15, -0.1) is 0 Å². The van der Waals surface area contributed by atoms with Crippen molar-refractivity contribution < 1.29 is 17.9 Å². The smallest absolute Gasteiger partial charge is 0.240 e. The fourth-order valence-corrected chi connectivity index (χ4v) is 4.27. The molecule has 1 heterocycles. The third-order valence-corrected chi connectivity index (χ3v) is 6.34. The van der Waals surface area contributed by atoms with Crippen molar-refractivity contribution in [3.05, 3.63) is 53.6 Å². The first-order chi connectivity index (χ1) is 13.3. The van der Waals surface area contributed by atoms with Crippen LogP contribution in [-0.2, 0) is 21.4 Å². The van der Waals surface area contributed by atoms with Gasteiger partial charge in [0.2, 0.25) is 15.9 Å². The molecule has 2 aromatic carbocycles. The number of carbonyl (C=O) groups excluding carboxylic acids is 1. The highest BCUT2D eigenvalue weighted by molar-refractivity contribution is 7.89. The van der Waals surface area contributed by atoms with Gasteiger partial charge in [-0.3, -0.25) is 4.79 Å². The van der Waals surface area contributed by atoms with Crippen LogP contribution >= 0.6 is 0 Å². The first kappa shape index (κ1) is 20.4. The molecule has 2 aromatic rings. The average molecular weight is 403 g/mol. The summed E-state index contributed by atoms with van der Waals surface area (Å²) in [4.78, 5) is 13.8. The molecule has 0 bridgehead atoms. The van der Waals surface area contributed by atoms with Crippen molar-refractivity contribution in [1.82, 2.24) is 4.72 Å². The van der Waals surface area contributed by atoms with Crippen LogP contribution in [0.25, 0.3) is 0 Å². The van der Waals surface area contributed by atoms with Crippen LogP contribution in [0.15, 0.2) is 47.4 Å². The Labute approximate surface area is 166 Å². The first-order valence-corrected chi connectivity index (χ1v) is 10.9. The van der Waals surface area contributed by atoms with Gasteiger partial charge in [0.15, 0.2) is 0 Å². The van der Waals surface area contributed by atoms with Gasteiger partial charge in [0.05, 0.1) is 17.7 Å². The lowest BCUT2D eigenvalue weighted by Gasteiger charge is -2.20. The number of hydrogen-bond acceptors (Lipinski definition) is 4. The van der Waals surface area contributed by atoms with Crippen LogP contribution in [0.3, 0.4) is 0 Å². The molecule has 0 unspecified atom stereocenters. The molecule has 1 saturated heterocycles. The number of nitrogens with one attached hydrogen (secondary N) is 1. The topological polar surface area (TPSA) is 75.7 Å². The number of rotatable bonds is 7. The van der Waals surface area contributed by atoms with E-state index in [1.54, 1.807) is 11.0 Å². The van der Waals surface area contributed by atoms with Crippen molar-refractivity contribution in [3.63, 3.8) is 0 Å². The number of benzene rings is 2. The highest BCUT2D eigenvalue weighted by atomic mass is 32.2. The normalized spacial score (nSPS) is 14.7. The molecule has 150 valence electrons. The van der Waals surface area contributed by atoms with E-state index in [0.717, 1.165) is 12.0 Å². The molecule has 0 spiro atoms. The zero-order chi connectivity index (χ0) is 20.3. The fraction of sp³-hybridized carbons (Fsp3) is 0.381. The maximum Gasteiger partial charge on any atom is 0.240 e. The zero-order valence-corrected chi connectivity index (χ0v) is 17.3. The Kier molecular flexibility index (Phi) is 6.05. The van der Waals surface area contributed by atoms with Gasteiger partial charge in [-0.1, -0.05) is 38.1 Å². The SMILES string of the molecule is COc1ccc(S(=O)(=O)NCc2ccc(C(C)C)cc2)cc1N1CCCC1=O. The van der Waals surface area contributed by atoms with E-state index in [4.69, 9.17) is 4.74 Å². The van der Waals surface area contributed by atoms with Crippen molar-refractivity contribution in [3.8, 4) is 5.75 Å². The summed E-state index contributed by atoms with van der Waals surface area (Å²) < 4.78 is 33.5. The quantitative estimate of drug-likeness (QED) is 0.770. The predicted octanol–water partition coefficient (Wildman–Crippen LogP) is 3.42. The number of carbonyl (C=O) groups is 1. The van der Waals surface area contributed by atoms with Crippen LogP contribution in [0.2, 0.25) is 0 Å². The van der Waals surface area contributed by atoms with Gasteiger partial charge < -0.3 is 9.64 Å². The summed E-state index contributed by atoms with van der Waals surface area (Å²) >= 11 is 0. The summed E-state index contributed by atoms with van der Waals surface area (Å²) in [7, 11) is -2.22. The lowest BCUT2D eigenvalue weighted by molar-refractivity contribution is -0.117. The van der Waals surface area contributed by atoms with Crippen molar-refractivity contribution in [2.24, 2.45) is 0 Å². The van der Waals surface area contributed by atoms with Gasteiger partial charge in [-0.25, -0.2) is 13.1 Å². The molecule has 0 aromatic heterocycles. The second-order valence-corrected chi connectivity index (χ2v) is 8.97. The third kappa shape index (κ3) is 4.36. The molecular formula is C21H26N2O4S. The van der Waals surface area contributed by atoms with E-state index >= 15 is 0 Å². The predicted molar refractivity (Wildman–Crippen MR) is 109 cm³/mol. The van der Waals surface area contributed by atoms with Gasteiger partial charge >= 0.3 is 0 Å². The molecule has 6 nitrogen and oxygen atoms in total. The molecule has 1 amide bonds. The lowest BCUT2D eigenvalue weighted by Crippen LogP contribution is -2.26. The summed E-state index contributed by atoms with van der Waals surface area (Å²) in [5, 5.41) is 0. The van der Waals surface area contributed by atoms with Gasteiger partial charge in [-0.2, -0.15) is 0 Å². The Morgan fingerprint density at radius 1 is 1.14 bits per heavy atom. The highest BCUT2D eigenvalue weighted by Gasteiger charge is 2.26. The Morgan fingerprint density at radius 2 is 1.86 bits per heavy atom. The molecule has 7 heteroatoms. The number of sulfonamides is 1. The van der Waals surface area contributed by atoms with E-state index in [1.165, 1.54) is 24.8 Å². The second-order valence-electron chi connectivity index (χ2n) is 7.20. The van der Waals surface area contributed by atoms with E-state index in [0.29, 0.717) is 30.3 Å². The van der Waals surface area contributed by atoms with Gasteiger partial charge in [-0.05, 0) is 41.7 Å². The molecule has 1 N–H and O–H groups in total. The monoisotopic (exact) mass is 402 g/mol. The standard InChI is InChI=1S/C21H26N2O4S/c1-15(2)17-8-6-16(7-9-17)14-22-28(25,26)18-10-11-20(27-3)19(13-18)23-12-4-5-21(23)24/h6-11,13,15,22H,4-5,12,14H2,1-3H3. The Hall–Kier alpha value is -2.38. The first-order valence-electron chi connectivity index (χ1n) is 9.38. The van der Waals surface area contributed by atoms with Crippen molar-refractivity contribution >= 4 is 21.6 Å². The van der Waals surface area contributed by atoms with Crippen LogP contribution < -0.4 is 14.4 Å². The molecule has 0 radical (unpaired) electrons. The minimum Gasteiger partial charge on any atom is -0.495 e. The number of hydrogen-bond donors (Lipinski definition) is 1. The highest BCUT2D eigenvalue weighted by Crippen LogP contribution is 2.33. The summed E-state index contributed by atoms with van der Waals surface area (Å²) in [6.07, 6.45) is 1.22. The van der Waals surface area contributed by atoms with Crippen LogP contribution in [0, 0.1) is 0 Å². The molecule has 0 aliphatic carbocycles. The van der Waals surface area contributed by atoms with E-state index in [9.17, 15) is 13.2 Å². The van der Waals surface area contributed by atoms with Crippen molar-refractivity contribution in [2.75, 3.05) is 18.6 Å². The van der Waals surface area contributed by atoms with E-state index < -0.39 is 10.0 Å². The Bertz CT molecular complexity index is 953. The molecule has 0 saturated carbocycles. The molecule has 1 aliphatic heterocycles. The Balaban J connectivity index is 1.80. The van der Waals surface area contributed by atoms with Gasteiger partial charge in [0.1, 0.15) is 5.75 Å². The molecular weight excluding hydrogens is 376 g/mol. The summed E-state index contributed by atoms with van der Waals surface area (Å²) in [6, 6.07) is 12.5. The van der Waals surface area contributed by atoms with Crippen molar-refractivity contribution in [2.45, 2.75) is 44.0 Å². The van der Waals surface area contributed by atoms with Crippen LogP contribution in [0.4, 0.5) is 5.69 Å². The number of ether oxygens (including phenoxy) is 1. The number of amides is 1. The summed E-state index contributed by atoms with van der Waals surface area (Å²) in [5.74, 6) is 0.890. The minimum atomic E-state index is -3.72. The number of anilines is 1. The minimum absolute atomic E-state index is 0.0222. The largest absolute Gasteiger partial charge is 0.495 e. The van der Waals surface area contributed by atoms with Crippen LogP contribution in [-0.4, -0.2) is 28.0 Å². The Morgan fingerprint density at radius 3 is 2.43 bits per heavy atom. The molecule has 1 aliphatic rings. The number of nitrogens with zero attached hydrogens (tertiary/aromatic N) is 1. The average Bonchev–Trinajstić information content (AvgIpc) is 3.12. The zero-order valence-electron chi connectivity index (χ0n) is 16.4. The van der Waals surface area contributed by atoms with Crippen LogP contribution in [0.1, 0.15) is 43.7 Å². The molecule has 3 rings (SSSR count). The maximum absolute atomic E-state index is 12.8. The second kappa shape index (κ2) is 8.32.